The summed E-state index contributed by atoms with van der Waals surface area (Å²) in [5, 5.41) is 18.5. The molecule has 0 aromatic rings. The van der Waals surface area contributed by atoms with Crippen LogP contribution in [0.4, 0.5) is 0 Å². The maximum Gasteiger partial charge on any atom is 0.129 e. The van der Waals surface area contributed by atoms with Crippen molar-refractivity contribution in [2.45, 2.75) is 96.5 Å². The molecule has 2 N–H and O–H groups in total. The van der Waals surface area contributed by atoms with E-state index in [4.69, 9.17) is 5.11 Å². The number of unbranched alkanes of at least 4 members (excludes halogenated alkanes) is 8. The number of carbonyl (C=O) groups excluding carboxylic acids is 1. The zero-order chi connectivity index (χ0) is 15.1. The van der Waals surface area contributed by atoms with Crippen molar-refractivity contribution in [3.05, 3.63) is 0 Å². The van der Waals surface area contributed by atoms with Gasteiger partial charge in [-0.2, -0.15) is 0 Å². The van der Waals surface area contributed by atoms with E-state index < -0.39 is 0 Å². The van der Waals surface area contributed by atoms with E-state index in [1.54, 1.807) is 6.92 Å². The molecule has 0 saturated carbocycles. The fourth-order valence-electron chi connectivity index (χ4n) is 2.45. The summed E-state index contributed by atoms with van der Waals surface area (Å²) in [5.41, 5.74) is 0. The van der Waals surface area contributed by atoms with E-state index in [1.165, 1.54) is 19.3 Å². The molecule has 20 heavy (non-hydrogen) atoms. The van der Waals surface area contributed by atoms with Crippen LogP contribution in [0.15, 0.2) is 0 Å². The Hall–Kier alpha value is -0.410. The molecule has 0 spiro atoms. The van der Waals surface area contributed by atoms with Crippen LogP contribution in [0, 0.1) is 0 Å². The van der Waals surface area contributed by atoms with Crippen LogP contribution in [0.5, 0.6) is 0 Å². The van der Waals surface area contributed by atoms with Gasteiger partial charge in [0.2, 0.25) is 0 Å². The molecule has 0 amide bonds. The van der Waals surface area contributed by atoms with Crippen LogP contribution in [0.25, 0.3) is 0 Å². The van der Waals surface area contributed by atoms with Gasteiger partial charge < -0.3 is 15.0 Å². The molecule has 3 heteroatoms. The van der Waals surface area contributed by atoms with Crippen molar-refractivity contribution in [2.75, 3.05) is 6.61 Å². The van der Waals surface area contributed by atoms with Gasteiger partial charge in [0.25, 0.3) is 0 Å². The Morgan fingerprint density at radius 2 is 1.25 bits per heavy atom. The Morgan fingerprint density at radius 3 is 1.75 bits per heavy atom. The van der Waals surface area contributed by atoms with E-state index in [-0.39, 0.29) is 12.7 Å². The minimum Gasteiger partial charge on any atom is -0.396 e. The number of ketones is 1. The van der Waals surface area contributed by atoms with Gasteiger partial charge in [-0.1, -0.05) is 51.4 Å². The van der Waals surface area contributed by atoms with Crippen LogP contribution in [0.2, 0.25) is 0 Å². The van der Waals surface area contributed by atoms with Gasteiger partial charge in [-0.05, 0) is 32.6 Å². The van der Waals surface area contributed by atoms with Gasteiger partial charge in [0, 0.05) is 13.0 Å². The van der Waals surface area contributed by atoms with Gasteiger partial charge >= 0.3 is 0 Å². The minimum atomic E-state index is -0.137. The quantitative estimate of drug-likeness (QED) is 0.447. The van der Waals surface area contributed by atoms with Crippen LogP contribution in [-0.2, 0) is 4.79 Å². The standard InChI is InChI=1S/C17H34O3/c1-16(19)12-8-4-2-3-5-9-13-17(20)14-10-6-7-11-15-18/h17-18,20H,2-15H2,1H3. The van der Waals surface area contributed by atoms with Crippen molar-refractivity contribution < 1.29 is 15.0 Å². The highest BCUT2D eigenvalue weighted by molar-refractivity contribution is 5.75. The van der Waals surface area contributed by atoms with Crippen molar-refractivity contribution >= 4 is 5.78 Å². The molecule has 0 saturated heterocycles. The summed E-state index contributed by atoms with van der Waals surface area (Å²) in [6.07, 6.45) is 13.5. The zero-order valence-corrected chi connectivity index (χ0v) is 13.3. The van der Waals surface area contributed by atoms with E-state index in [2.05, 4.69) is 0 Å². The molecule has 0 bridgehead atoms. The maximum atomic E-state index is 10.8. The van der Waals surface area contributed by atoms with Crippen LogP contribution >= 0.6 is 0 Å². The summed E-state index contributed by atoms with van der Waals surface area (Å²) in [4.78, 5) is 10.8. The molecule has 0 aliphatic heterocycles. The first-order valence-electron chi connectivity index (χ1n) is 8.45. The van der Waals surface area contributed by atoms with Gasteiger partial charge in [0.15, 0.2) is 0 Å². The van der Waals surface area contributed by atoms with Crippen molar-refractivity contribution in [3.63, 3.8) is 0 Å². The lowest BCUT2D eigenvalue weighted by molar-refractivity contribution is -0.117. The molecule has 0 radical (unpaired) electrons. The monoisotopic (exact) mass is 286 g/mol. The molecule has 0 fully saturated rings. The first-order chi connectivity index (χ1) is 9.66. The average Bonchev–Trinajstić information content (AvgIpc) is 2.41. The third-order valence-electron chi connectivity index (χ3n) is 3.76. The Morgan fingerprint density at radius 1 is 0.800 bits per heavy atom. The summed E-state index contributed by atoms with van der Waals surface area (Å²) in [7, 11) is 0. The lowest BCUT2D eigenvalue weighted by Gasteiger charge is -2.10. The van der Waals surface area contributed by atoms with Crippen LogP contribution < -0.4 is 0 Å². The minimum absolute atomic E-state index is 0.137. The highest BCUT2D eigenvalue weighted by atomic mass is 16.3. The van der Waals surface area contributed by atoms with Gasteiger partial charge in [0.1, 0.15) is 5.78 Å². The molecule has 0 aliphatic rings. The Labute approximate surface area is 124 Å². The molecule has 0 heterocycles. The molecule has 1 atom stereocenters. The molecular weight excluding hydrogens is 252 g/mol. The fourth-order valence-corrected chi connectivity index (χ4v) is 2.45. The number of hydrogen-bond acceptors (Lipinski definition) is 3. The van der Waals surface area contributed by atoms with Crippen molar-refractivity contribution in [1.82, 2.24) is 0 Å². The first-order valence-corrected chi connectivity index (χ1v) is 8.45. The number of rotatable bonds is 15. The van der Waals surface area contributed by atoms with E-state index in [0.29, 0.717) is 5.78 Å². The van der Waals surface area contributed by atoms with E-state index in [0.717, 1.165) is 64.2 Å². The second-order valence-corrected chi connectivity index (χ2v) is 5.94. The lowest BCUT2D eigenvalue weighted by atomic mass is 10.0. The summed E-state index contributed by atoms with van der Waals surface area (Å²) in [5.74, 6) is 0.298. The predicted molar refractivity (Wildman–Crippen MR) is 83.8 cm³/mol. The molecule has 1 unspecified atom stereocenters. The second kappa shape index (κ2) is 15.0. The highest BCUT2D eigenvalue weighted by Gasteiger charge is 2.03. The smallest absolute Gasteiger partial charge is 0.129 e. The van der Waals surface area contributed by atoms with E-state index in [9.17, 15) is 9.90 Å². The largest absolute Gasteiger partial charge is 0.396 e. The van der Waals surface area contributed by atoms with Crippen LogP contribution in [-0.4, -0.2) is 28.7 Å². The van der Waals surface area contributed by atoms with Gasteiger partial charge in [-0.3, -0.25) is 0 Å². The molecular formula is C17H34O3. The Bertz CT molecular complexity index is 216. The molecule has 0 aliphatic carbocycles. The Balaban J connectivity index is 3.15. The normalized spacial score (nSPS) is 12.6. The number of aliphatic hydroxyl groups is 2. The predicted octanol–water partition coefficient (Wildman–Crippen LogP) is 4.00. The second-order valence-electron chi connectivity index (χ2n) is 5.94. The zero-order valence-electron chi connectivity index (χ0n) is 13.3. The fraction of sp³-hybridized carbons (Fsp3) is 0.941. The van der Waals surface area contributed by atoms with Gasteiger partial charge in [-0.25, -0.2) is 0 Å². The SMILES string of the molecule is CC(=O)CCCCCCCCC(O)CCCCCCO. The summed E-state index contributed by atoms with van der Waals surface area (Å²) in [6, 6.07) is 0. The van der Waals surface area contributed by atoms with E-state index >= 15 is 0 Å². The molecule has 120 valence electrons. The summed E-state index contributed by atoms with van der Waals surface area (Å²) in [6.45, 7) is 1.94. The Kier molecular flexibility index (Phi) is 14.7. The van der Waals surface area contributed by atoms with Gasteiger partial charge in [-0.15, -0.1) is 0 Å². The van der Waals surface area contributed by atoms with E-state index in [1.807, 2.05) is 0 Å². The molecule has 0 rings (SSSR count). The van der Waals surface area contributed by atoms with Gasteiger partial charge in [0.05, 0.1) is 6.10 Å². The third-order valence-corrected chi connectivity index (χ3v) is 3.76. The van der Waals surface area contributed by atoms with Crippen LogP contribution in [0.1, 0.15) is 90.4 Å². The first kappa shape index (κ1) is 19.6. The van der Waals surface area contributed by atoms with Crippen molar-refractivity contribution in [1.29, 1.82) is 0 Å². The number of hydrogen-bond donors (Lipinski definition) is 2. The van der Waals surface area contributed by atoms with Crippen molar-refractivity contribution in [2.24, 2.45) is 0 Å². The number of Topliss-reactive ketones (excluding diaryl/α,β-unsaturated/α-hetero) is 1. The highest BCUT2D eigenvalue weighted by Crippen LogP contribution is 2.13. The number of aliphatic hydroxyl groups excluding tert-OH is 2. The van der Waals surface area contributed by atoms with Crippen molar-refractivity contribution in [3.8, 4) is 0 Å². The average molecular weight is 286 g/mol. The molecule has 3 nitrogen and oxygen atoms in total. The maximum absolute atomic E-state index is 10.8. The topological polar surface area (TPSA) is 57.5 Å². The lowest BCUT2D eigenvalue weighted by Crippen LogP contribution is -2.06. The van der Waals surface area contributed by atoms with Crippen LogP contribution in [0.3, 0.4) is 0 Å². The molecule has 0 aromatic heterocycles. The summed E-state index contributed by atoms with van der Waals surface area (Å²) >= 11 is 0. The third kappa shape index (κ3) is 15.6. The molecule has 0 aromatic carbocycles. The summed E-state index contributed by atoms with van der Waals surface area (Å²) < 4.78 is 0. The number of carbonyl (C=O) groups is 1.